The molecule has 0 aliphatic carbocycles. The number of nitrogens with zero attached hydrogens (tertiary/aromatic N) is 1. The van der Waals surface area contributed by atoms with Gasteiger partial charge in [0.1, 0.15) is 4.90 Å². The number of aryl methyl sites for hydroxylation is 1. The number of hydrogen-bond acceptors (Lipinski definition) is 3. The van der Waals surface area contributed by atoms with Crippen molar-refractivity contribution >= 4 is 38.3 Å². The molecule has 0 aliphatic rings. The van der Waals surface area contributed by atoms with E-state index in [2.05, 4.69) is 9.71 Å². The Labute approximate surface area is 131 Å². The van der Waals surface area contributed by atoms with Gasteiger partial charge in [0.15, 0.2) is 0 Å². The van der Waals surface area contributed by atoms with Crippen LogP contribution in [0.5, 0.6) is 0 Å². The summed E-state index contributed by atoms with van der Waals surface area (Å²) < 4.78 is 28.6. The third-order valence-electron chi connectivity index (χ3n) is 3.28. The van der Waals surface area contributed by atoms with E-state index in [4.69, 9.17) is 11.6 Å². The number of sulfonamides is 1. The van der Waals surface area contributed by atoms with Crippen molar-refractivity contribution in [3.8, 4) is 0 Å². The lowest BCUT2D eigenvalue weighted by molar-refractivity contribution is 0.601. The number of anilines is 1. The molecule has 8 heteroatoms. The van der Waals surface area contributed by atoms with Gasteiger partial charge in [0.05, 0.1) is 21.7 Å². The number of imidazole rings is 1. The van der Waals surface area contributed by atoms with Gasteiger partial charge in [0.25, 0.3) is 10.0 Å². The van der Waals surface area contributed by atoms with E-state index < -0.39 is 10.0 Å². The first-order chi connectivity index (χ1) is 10.4. The quantitative estimate of drug-likeness (QED) is 0.769. The van der Waals surface area contributed by atoms with Crippen molar-refractivity contribution in [2.75, 3.05) is 4.72 Å². The number of benzene rings is 2. The molecule has 0 bridgehead atoms. The number of halogens is 1. The molecule has 0 spiro atoms. The van der Waals surface area contributed by atoms with Crippen LogP contribution in [-0.2, 0) is 17.1 Å². The third-order valence-corrected chi connectivity index (χ3v) is 5.16. The van der Waals surface area contributed by atoms with Crippen molar-refractivity contribution in [3.05, 3.63) is 58.0 Å². The summed E-state index contributed by atoms with van der Waals surface area (Å²) in [4.78, 5) is 14.2. The molecule has 0 saturated heterocycles. The van der Waals surface area contributed by atoms with Crippen LogP contribution in [-0.4, -0.2) is 18.0 Å². The first-order valence-electron chi connectivity index (χ1n) is 6.34. The number of aromatic nitrogens is 2. The minimum atomic E-state index is -3.80. The van der Waals surface area contributed by atoms with Crippen molar-refractivity contribution in [1.29, 1.82) is 0 Å². The minimum Gasteiger partial charge on any atom is -0.305 e. The zero-order valence-electron chi connectivity index (χ0n) is 11.5. The van der Waals surface area contributed by atoms with E-state index in [1.165, 1.54) is 16.7 Å². The Bertz CT molecular complexity index is 1020. The molecule has 6 nitrogen and oxygen atoms in total. The number of nitrogens with one attached hydrogen (secondary N) is 2. The molecule has 0 atom stereocenters. The van der Waals surface area contributed by atoms with Crippen LogP contribution >= 0.6 is 11.6 Å². The van der Waals surface area contributed by atoms with E-state index in [0.29, 0.717) is 16.7 Å². The number of aromatic amines is 1. The van der Waals surface area contributed by atoms with Gasteiger partial charge in [-0.15, -0.1) is 0 Å². The summed E-state index contributed by atoms with van der Waals surface area (Å²) in [6.45, 7) is 0. The van der Waals surface area contributed by atoms with Crippen molar-refractivity contribution in [2.45, 2.75) is 4.90 Å². The zero-order valence-corrected chi connectivity index (χ0v) is 13.1. The van der Waals surface area contributed by atoms with Gasteiger partial charge in [-0.05, 0) is 30.3 Å². The molecule has 114 valence electrons. The molecule has 0 aliphatic heterocycles. The van der Waals surface area contributed by atoms with Gasteiger partial charge in [-0.25, -0.2) is 13.2 Å². The normalized spacial score (nSPS) is 11.7. The minimum absolute atomic E-state index is 0.00156. The van der Waals surface area contributed by atoms with Crippen LogP contribution in [0.4, 0.5) is 5.69 Å². The Hall–Kier alpha value is -2.25. The van der Waals surface area contributed by atoms with Gasteiger partial charge < -0.3 is 4.98 Å². The number of hydrogen-bond donors (Lipinski definition) is 2. The van der Waals surface area contributed by atoms with Crippen LogP contribution < -0.4 is 10.4 Å². The van der Waals surface area contributed by atoms with Gasteiger partial charge >= 0.3 is 5.69 Å². The summed E-state index contributed by atoms with van der Waals surface area (Å²) in [7, 11) is -2.16. The monoisotopic (exact) mass is 337 g/mol. The molecule has 2 N–H and O–H groups in total. The molecule has 1 heterocycles. The standard InChI is InChI=1S/C14H12ClN3O3S/c1-18-12-7-6-9(8-11(12)16-14(18)19)17-22(20,21)13-5-3-2-4-10(13)15/h2-8,17H,1H3,(H,16,19). The predicted octanol–water partition coefficient (Wildman–Crippen LogP) is 2.32. The average molecular weight is 338 g/mol. The number of H-pyrrole nitrogens is 1. The fraction of sp³-hybridized carbons (Fsp3) is 0.0714. The fourth-order valence-corrected chi connectivity index (χ4v) is 3.74. The molecule has 0 unspecified atom stereocenters. The first kappa shape index (κ1) is 14.7. The summed E-state index contributed by atoms with van der Waals surface area (Å²) in [5, 5.41) is 0.143. The average Bonchev–Trinajstić information content (AvgIpc) is 2.73. The second kappa shape index (κ2) is 5.19. The second-order valence-electron chi connectivity index (χ2n) is 4.76. The van der Waals surface area contributed by atoms with E-state index in [0.717, 1.165) is 0 Å². The maximum Gasteiger partial charge on any atom is 0.326 e. The van der Waals surface area contributed by atoms with Crippen molar-refractivity contribution in [3.63, 3.8) is 0 Å². The Balaban J connectivity index is 2.02. The van der Waals surface area contributed by atoms with Crippen molar-refractivity contribution in [2.24, 2.45) is 7.05 Å². The van der Waals surface area contributed by atoms with E-state index >= 15 is 0 Å². The molecular formula is C14H12ClN3O3S. The van der Waals surface area contributed by atoms with E-state index in [-0.39, 0.29) is 15.6 Å². The summed E-state index contributed by atoms with van der Waals surface area (Å²) in [6, 6.07) is 11.0. The fourth-order valence-electron chi connectivity index (χ4n) is 2.17. The highest BCUT2D eigenvalue weighted by atomic mass is 35.5. The highest BCUT2D eigenvalue weighted by Crippen LogP contribution is 2.24. The lowest BCUT2D eigenvalue weighted by Crippen LogP contribution is -2.13. The molecule has 3 rings (SSSR count). The predicted molar refractivity (Wildman–Crippen MR) is 85.8 cm³/mol. The summed E-state index contributed by atoms with van der Waals surface area (Å²) in [5.41, 5.74) is 1.31. The largest absolute Gasteiger partial charge is 0.326 e. The Morgan fingerprint density at radius 3 is 2.64 bits per heavy atom. The van der Waals surface area contributed by atoms with Crippen LogP contribution in [0.25, 0.3) is 11.0 Å². The van der Waals surface area contributed by atoms with Gasteiger partial charge in [0.2, 0.25) is 0 Å². The Kier molecular flexibility index (Phi) is 3.46. The molecule has 0 saturated carbocycles. The maximum absolute atomic E-state index is 12.4. The van der Waals surface area contributed by atoms with E-state index in [9.17, 15) is 13.2 Å². The molecule has 3 aromatic rings. The second-order valence-corrected chi connectivity index (χ2v) is 6.82. The molecule has 1 aromatic heterocycles. The smallest absolute Gasteiger partial charge is 0.305 e. The SMILES string of the molecule is Cn1c(=O)[nH]c2cc(NS(=O)(=O)c3ccccc3Cl)ccc21. The molecule has 22 heavy (non-hydrogen) atoms. The van der Waals surface area contributed by atoms with Crippen LogP contribution in [0.3, 0.4) is 0 Å². The lowest BCUT2D eigenvalue weighted by Gasteiger charge is -2.09. The van der Waals surface area contributed by atoms with Gasteiger partial charge in [-0.3, -0.25) is 9.29 Å². The van der Waals surface area contributed by atoms with Crippen molar-refractivity contribution in [1.82, 2.24) is 9.55 Å². The topological polar surface area (TPSA) is 84.0 Å². The molecule has 0 radical (unpaired) electrons. The summed E-state index contributed by atoms with van der Waals surface area (Å²) >= 11 is 5.92. The lowest BCUT2D eigenvalue weighted by atomic mass is 10.3. The van der Waals surface area contributed by atoms with Crippen LogP contribution in [0.2, 0.25) is 5.02 Å². The number of fused-ring (bicyclic) bond motifs is 1. The highest BCUT2D eigenvalue weighted by molar-refractivity contribution is 7.92. The van der Waals surface area contributed by atoms with E-state index in [1.54, 1.807) is 37.4 Å². The van der Waals surface area contributed by atoms with Gasteiger partial charge in [-0.1, -0.05) is 23.7 Å². The zero-order chi connectivity index (χ0) is 15.9. The van der Waals surface area contributed by atoms with Crippen LogP contribution in [0.15, 0.2) is 52.2 Å². The maximum atomic E-state index is 12.4. The number of rotatable bonds is 3. The van der Waals surface area contributed by atoms with Gasteiger partial charge in [0, 0.05) is 7.05 Å². The Morgan fingerprint density at radius 2 is 1.91 bits per heavy atom. The van der Waals surface area contributed by atoms with Crippen molar-refractivity contribution < 1.29 is 8.42 Å². The third kappa shape index (κ3) is 2.49. The first-order valence-corrected chi connectivity index (χ1v) is 8.21. The van der Waals surface area contributed by atoms with E-state index in [1.807, 2.05) is 0 Å². The van der Waals surface area contributed by atoms with Gasteiger partial charge in [-0.2, -0.15) is 0 Å². The summed E-state index contributed by atoms with van der Waals surface area (Å²) in [5.74, 6) is 0. The highest BCUT2D eigenvalue weighted by Gasteiger charge is 2.17. The molecular weight excluding hydrogens is 326 g/mol. The van der Waals surface area contributed by atoms with Crippen LogP contribution in [0, 0.1) is 0 Å². The molecule has 2 aromatic carbocycles. The molecule has 0 amide bonds. The molecule has 0 fully saturated rings. The van der Waals surface area contributed by atoms with Crippen LogP contribution in [0.1, 0.15) is 0 Å². The Morgan fingerprint density at radius 1 is 1.18 bits per heavy atom. The summed E-state index contributed by atoms with van der Waals surface area (Å²) in [6.07, 6.45) is 0.